The van der Waals surface area contributed by atoms with E-state index in [4.69, 9.17) is 9.97 Å². The van der Waals surface area contributed by atoms with Crippen LogP contribution in [0.25, 0.3) is 84.0 Å². The number of hydrogen-bond donors (Lipinski definition) is 0. The zero-order valence-corrected chi connectivity index (χ0v) is 27.9. The van der Waals surface area contributed by atoms with Crippen LogP contribution in [-0.2, 0) is 0 Å². The maximum Gasteiger partial charge on any atom is 0.146 e. The fraction of sp³-hybridized carbons (Fsp3) is 0. The molecule has 0 radical (unpaired) electrons. The SMILES string of the molecule is c1ccc(-c2cccc(-c3ccccc3-c3ccccc3-c3ccccc3-c3ccccc3-c3nc4ccccc4n3-c3ccccc3)n2)cc1. The minimum Gasteiger partial charge on any atom is -0.292 e. The predicted molar refractivity (Wildman–Crippen MR) is 211 cm³/mol. The molecule has 9 aromatic rings. The lowest BCUT2D eigenvalue weighted by molar-refractivity contribution is 1.10. The highest BCUT2D eigenvalue weighted by Crippen LogP contribution is 2.44. The van der Waals surface area contributed by atoms with E-state index in [2.05, 4.69) is 199 Å². The van der Waals surface area contributed by atoms with Gasteiger partial charge >= 0.3 is 0 Å². The lowest BCUT2D eigenvalue weighted by atomic mass is 9.86. The Bertz CT molecular complexity index is 2640. The van der Waals surface area contributed by atoms with E-state index in [1.807, 2.05) is 6.07 Å². The Balaban J connectivity index is 1.21. The van der Waals surface area contributed by atoms with Crippen molar-refractivity contribution in [2.45, 2.75) is 0 Å². The second-order valence-electron chi connectivity index (χ2n) is 12.6. The number of nitrogens with zero attached hydrogens (tertiary/aromatic N) is 3. The molecule has 0 atom stereocenters. The molecule has 0 spiro atoms. The molecule has 7 aromatic carbocycles. The third kappa shape index (κ3) is 5.61. The molecular weight excluding hydrogens is 619 g/mol. The zero-order valence-electron chi connectivity index (χ0n) is 27.9. The zero-order chi connectivity index (χ0) is 34.0. The van der Waals surface area contributed by atoms with Crippen molar-refractivity contribution in [2.24, 2.45) is 0 Å². The maximum absolute atomic E-state index is 5.24. The van der Waals surface area contributed by atoms with Gasteiger partial charge in [-0.05, 0) is 69.8 Å². The number of benzene rings is 7. The first-order chi connectivity index (χ1) is 25.3. The van der Waals surface area contributed by atoms with E-state index in [1.165, 1.54) is 0 Å². The van der Waals surface area contributed by atoms with E-state index >= 15 is 0 Å². The summed E-state index contributed by atoms with van der Waals surface area (Å²) >= 11 is 0. The van der Waals surface area contributed by atoms with Gasteiger partial charge in [0.1, 0.15) is 5.82 Å². The van der Waals surface area contributed by atoms with Crippen LogP contribution in [0.4, 0.5) is 0 Å². The van der Waals surface area contributed by atoms with Crippen LogP contribution in [0.2, 0.25) is 0 Å². The van der Waals surface area contributed by atoms with Crippen molar-refractivity contribution in [3.63, 3.8) is 0 Å². The van der Waals surface area contributed by atoms with Gasteiger partial charge in [-0.25, -0.2) is 9.97 Å². The number of pyridine rings is 1. The average Bonchev–Trinajstić information content (AvgIpc) is 3.61. The van der Waals surface area contributed by atoms with E-state index in [1.54, 1.807) is 0 Å². The minimum atomic E-state index is 0.913. The van der Waals surface area contributed by atoms with E-state index < -0.39 is 0 Å². The lowest BCUT2D eigenvalue weighted by Crippen LogP contribution is -1.99. The van der Waals surface area contributed by atoms with Crippen molar-refractivity contribution in [1.82, 2.24) is 14.5 Å². The smallest absolute Gasteiger partial charge is 0.146 e. The summed E-state index contributed by atoms with van der Waals surface area (Å²) in [5, 5.41) is 0. The molecule has 0 aliphatic heterocycles. The molecular formula is C48H33N3. The maximum atomic E-state index is 5.24. The Morgan fingerprint density at radius 1 is 0.294 bits per heavy atom. The molecule has 9 rings (SSSR count). The monoisotopic (exact) mass is 651 g/mol. The Morgan fingerprint density at radius 3 is 1.33 bits per heavy atom. The molecule has 3 heteroatoms. The molecule has 240 valence electrons. The van der Waals surface area contributed by atoms with Gasteiger partial charge in [-0.2, -0.15) is 0 Å². The Morgan fingerprint density at radius 2 is 0.725 bits per heavy atom. The minimum absolute atomic E-state index is 0.913. The molecule has 51 heavy (non-hydrogen) atoms. The van der Waals surface area contributed by atoms with Crippen LogP contribution >= 0.6 is 0 Å². The second kappa shape index (κ2) is 13.2. The third-order valence-corrected chi connectivity index (χ3v) is 9.49. The first-order valence-electron chi connectivity index (χ1n) is 17.3. The van der Waals surface area contributed by atoms with Gasteiger partial charge in [0.25, 0.3) is 0 Å². The number of hydrogen-bond acceptors (Lipinski definition) is 2. The van der Waals surface area contributed by atoms with Crippen LogP contribution in [0.3, 0.4) is 0 Å². The molecule has 0 saturated carbocycles. The fourth-order valence-electron chi connectivity index (χ4n) is 7.16. The molecule has 0 aliphatic rings. The molecule has 0 fully saturated rings. The fourth-order valence-corrected chi connectivity index (χ4v) is 7.16. The standard InChI is InChI=1S/C48H33N3/c1-3-18-34(19-4-1)44-31-17-32-45(49-44)42-28-13-11-26-40(42)38-24-9-7-22-36(38)37-23-8-10-25-39(37)41-27-12-14-29-43(41)48-50-46-30-15-16-33-47(46)51(48)35-20-5-2-6-21-35/h1-33H. The summed E-state index contributed by atoms with van der Waals surface area (Å²) in [7, 11) is 0. The largest absolute Gasteiger partial charge is 0.292 e. The first-order valence-corrected chi connectivity index (χ1v) is 17.3. The molecule has 0 amide bonds. The third-order valence-electron chi connectivity index (χ3n) is 9.49. The van der Waals surface area contributed by atoms with Gasteiger partial charge in [-0.15, -0.1) is 0 Å². The second-order valence-corrected chi connectivity index (χ2v) is 12.6. The van der Waals surface area contributed by atoms with Gasteiger partial charge in [-0.1, -0.05) is 164 Å². The van der Waals surface area contributed by atoms with Crippen molar-refractivity contribution in [2.75, 3.05) is 0 Å². The van der Waals surface area contributed by atoms with Crippen LogP contribution in [0.5, 0.6) is 0 Å². The highest BCUT2D eigenvalue weighted by molar-refractivity contribution is 5.98. The summed E-state index contributed by atoms with van der Waals surface area (Å²) < 4.78 is 2.28. The van der Waals surface area contributed by atoms with E-state index in [-0.39, 0.29) is 0 Å². The molecule has 0 aliphatic carbocycles. The highest BCUT2D eigenvalue weighted by atomic mass is 15.1. The van der Waals surface area contributed by atoms with Gasteiger partial charge in [0.2, 0.25) is 0 Å². The molecule has 0 bridgehead atoms. The summed E-state index contributed by atoms with van der Waals surface area (Å²) in [5.74, 6) is 0.913. The Kier molecular flexibility index (Phi) is 7.84. The van der Waals surface area contributed by atoms with Crippen LogP contribution in [0.15, 0.2) is 200 Å². The van der Waals surface area contributed by atoms with Gasteiger partial charge in [0.05, 0.1) is 22.4 Å². The Labute approximate surface area is 297 Å². The number of fused-ring (bicyclic) bond motifs is 1. The summed E-state index contributed by atoms with van der Waals surface area (Å²) in [4.78, 5) is 10.4. The van der Waals surface area contributed by atoms with Crippen LogP contribution in [-0.4, -0.2) is 14.5 Å². The summed E-state index contributed by atoms with van der Waals surface area (Å²) in [6.45, 7) is 0. The van der Waals surface area contributed by atoms with Gasteiger partial charge < -0.3 is 0 Å². The normalized spacial score (nSPS) is 11.1. The topological polar surface area (TPSA) is 30.7 Å². The van der Waals surface area contributed by atoms with Gasteiger partial charge in [0, 0.05) is 22.4 Å². The first kappa shape index (κ1) is 30.2. The molecule has 0 saturated heterocycles. The average molecular weight is 652 g/mol. The highest BCUT2D eigenvalue weighted by Gasteiger charge is 2.21. The van der Waals surface area contributed by atoms with E-state index in [9.17, 15) is 0 Å². The number of aromatic nitrogens is 3. The van der Waals surface area contributed by atoms with Gasteiger partial charge in [0.15, 0.2) is 0 Å². The number of rotatable bonds is 7. The summed E-state index contributed by atoms with van der Waals surface area (Å²) in [5.41, 5.74) is 15.2. The van der Waals surface area contributed by atoms with Crippen LogP contribution in [0.1, 0.15) is 0 Å². The summed E-state index contributed by atoms with van der Waals surface area (Å²) in [6, 6.07) is 70.2. The molecule has 2 aromatic heterocycles. The predicted octanol–water partition coefficient (Wildman–Crippen LogP) is 12.4. The van der Waals surface area contributed by atoms with Crippen LogP contribution in [0, 0.1) is 0 Å². The molecule has 0 N–H and O–H groups in total. The quantitative estimate of drug-likeness (QED) is 0.172. The molecule has 0 unspecified atom stereocenters. The molecule has 2 heterocycles. The van der Waals surface area contributed by atoms with Crippen molar-refractivity contribution >= 4 is 11.0 Å². The van der Waals surface area contributed by atoms with Crippen molar-refractivity contribution in [3.05, 3.63) is 200 Å². The van der Waals surface area contributed by atoms with Crippen molar-refractivity contribution in [3.8, 4) is 73.0 Å². The Hall–Kier alpha value is -6.84. The van der Waals surface area contributed by atoms with E-state index in [0.717, 1.165) is 84.0 Å². The number of para-hydroxylation sites is 3. The number of imidazole rings is 1. The van der Waals surface area contributed by atoms with E-state index in [0.29, 0.717) is 0 Å². The lowest BCUT2D eigenvalue weighted by Gasteiger charge is -2.19. The summed E-state index contributed by atoms with van der Waals surface area (Å²) in [6.07, 6.45) is 0. The van der Waals surface area contributed by atoms with Crippen LogP contribution < -0.4 is 0 Å². The van der Waals surface area contributed by atoms with Crippen molar-refractivity contribution in [1.29, 1.82) is 0 Å². The van der Waals surface area contributed by atoms with Crippen molar-refractivity contribution < 1.29 is 0 Å². The van der Waals surface area contributed by atoms with Gasteiger partial charge in [-0.3, -0.25) is 4.57 Å². The molecule has 3 nitrogen and oxygen atoms in total.